The second-order valence-corrected chi connectivity index (χ2v) is 5.36. The molecule has 0 saturated carbocycles. The van der Waals surface area contributed by atoms with Crippen molar-refractivity contribution in [3.63, 3.8) is 0 Å². The Morgan fingerprint density at radius 1 is 0.947 bits per heavy atom. The first kappa shape index (κ1) is 11.3. The van der Waals surface area contributed by atoms with E-state index in [4.69, 9.17) is 4.65 Å². The first-order valence-corrected chi connectivity index (χ1v) is 6.90. The molecule has 0 spiro atoms. The largest absolute Gasteiger partial charge is 0.409 e. The maximum Gasteiger partial charge on any atom is 0.364 e. The molecule has 0 aliphatic carbocycles. The second-order valence-electron chi connectivity index (χ2n) is 5.36. The van der Waals surface area contributed by atoms with Crippen molar-refractivity contribution < 1.29 is 4.65 Å². The van der Waals surface area contributed by atoms with Gasteiger partial charge in [-0.25, -0.2) is 0 Å². The predicted octanol–water partition coefficient (Wildman–Crippen LogP) is 2.30. The monoisotopic (exact) mass is 249 g/mol. The standard InChI is InChI=1S/C16H16BNO/c1-3-7-13(8-4-1)16(14-9-5-2-6-10-14)15-11-12-18(15)17-19-16/h1-10,15,17H,11-12H2. The molecule has 2 nitrogen and oxygen atoms in total. The molecular formula is C16H16BNO. The molecule has 2 heterocycles. The van der Waals surface area contributed by atoms with Gasteiger partial charge in [-0.3, -0.25) is 0 Å². The molecule has 0 N–H and O–H groups in total. The summed E-state index contributed by atoms with van der Waals surface area (Å²) >= 11 is 0. The molecule has 2 aromatic carbocycles. The molecule has 1 unspecified atom stereocenters. The molecule has 2 fully saturated rings. The Labute approximate surface area is 114 Å². The average Bonchev–Trinajstić information content (AvgIpc) is 2.73. The minimum atomic E-state index is -0.277. The van der Waals surface area contributed by atoms with Crippen molar-refractivity contribution in [2.75, 3.05) is 6.54 Å². The molecule has 2 aliphatic heterocycles. The van der Waals surface area contributed by atoms with E-state index < -0.39 is 0 Å². The van der Waals surface area contributed by atoms with Crippen LogP contribution in [0, 0.1) is 0 Å². The van der Waals surface area contributed by atoms with Crippen LogP contribution in [0.1, 0.15) is 17.5 Å². The van der Waals surface area contributed by atoms with Crippen LogP contribution < -0.4 is 0 Å². The van der Waals surface area contributed by atoms with Crippen LogP contribution >= 0.6 is 0 Å². The zero-order valence-electron chi connectivity index (χ0n) is 10.8. The molecule has 4 rings (SSSR count). The van der Waals surface area contributed by atoms with Crippen LogP contribution in [0.5, 0.6) is 0 Å². The quantitative estimate of drug-likeness (QED) is 0.757. The Balaban J connectivity index is 1.89. The van der Waals surface area contributed by atoms with E-state index in [0.29, 0.717) is 6.04 Å². The topological polar surface area (TPSA) is 12.5 Å². The van der Waals surface area contributed by atoms with Crippen LogP contribution in [-0.4, -0.2) is 25.0 Å². The van der Waals surface area contributed by atoms with E-state index in [1.807, 2.05) is 0 Å². The highest BCUT2D eigenvalue weighted by Crippen LogP contribution is 2.47. The van der Waals surface area contributed by atoms with Gasteiger partial charge in [0.05, 0.1) is 0 Å². The van der Waals surface area contributed by atoms with E-state index in [1.165, 1.54) is 17.5 Å². The van der Waals surface area contributed by atoms with E-state index in [2.05, 4.69) is 65.5 Å². The molecule has 2 aromatic rings. The lowest BCUT2D eigenvalue weighted by molar-refractivity contribution is 0.0598. The van der Waals surface area contributed by atoms with Crippen LogP contribution in [0.25, 0.3) is 0 Å². The molecule has 2 saturated heterocycles. The van der Waals surface area contributed by atoms with Gasteiger partial charge in [-0.05, 0) is 24.1 Å². The number of benzene rings is 2. The zero-order chi connectivity index (χ0) is 12.7. The smallest absolute Gasteiger partial charge is 0.364 e. The summed E-state index contributed by atoms with van der Waals surface area (Å²) in [4.78, 5) is 2.43. The zero-order valence-corrected chi connectivity index (χ0v) is 10.8. The van der Waals surface area contributed by atoms with Gasteiger partial charge in [0.1, 0.15) is 5.60 Å². The van der Waals surface area contributed by atoms with Crippen molar-refractivity contribution in [2.45, 2.75) is 18.1 Å². The van der Waals surface area contributed by atoms with Crippen molar-refractivity contribution in [3.8, 4) is 0 Å². The van der Waals surface area contributed by atoms with E-state index in [-0.39, 0.29) is 5.60 Å². The van der Waals surface area contributed by atoms with Crippen LogP contribution in [0.15, 0.2) is 60.7 Å². The molecule has 0 amide bonds. The third-order valence-corrected chi connectivity index (χ3v) is 4.46. The van der Waals surface area contributed by atoms with Gasteiger partial charge in [0, 0.05) is 6.04 Å². The fourth-order valence-electron chi connectivity index (χ4n) is 3.43. The number of nitrogens with zero attached hydrogens (tertiary/aromatic N) is 1. The van der Waals surface area contributed by atoms with Crippen molar-refractivity contribution in [1.29, 1.82) is 0 Å². The van der Waals surface area contributed by atoms with E-state index >= 15 is 0 Å². The summed E-state index contributed by atoms with van der Waals surface area (Å²) < 4.78 is 6.33. The maximum atomic E-state index is 6.33. The first-order valence-electron chi connectivity index (χ1n) is 6.90. The van der Waals surface area contributed by atoms with Crippen molar-refractivity contribution in [2.24, 2.45) is 0 Å². The lowest BCUT2D eigenvalue weighted by Gasteiger charge is -2.44. The molecule has 1 atom stereocenters. The molecule has 0 radical (unpaired) electrons. The highest BCUT2D eigenvalue weighted by atomic mass is 16.5. The first-order chi connectivity index (χ1) is 9.41. The normalized spacial score (nSPS) is 24.3. The SMILES string of the molecule is B1OC(c2ccccc2)(c2ccccc2)C2CCN12. The summed E-state index contributed by atoms with van der Waals surface area (Å²) in [5, 5.41) is 0. The van der Waals surface area contributed by atoms with Crippen LogP contribution in [-0.2, 0) is 10.3 Å². The lowest BCUT2D eigenvalue weighted by Crippen LogP contribution is -2.53. The summed E-state index contributed by atoms with van der Waals surface area (Å²) in [6.45, 7) is 1.16. The minimum Gasteiger partial charge on any atom is -0.409 e. The van der Waals surface area contributed by atoms with E-state index in [9.17, 15) is 0 Å². The molecule has 0 bridgehead atoms. The van der Waals surface area contributed by atoms with E-state index in [0.717, 1.165) is 14.2 Å². The van der Waals surface area contributed by atoms with Crippen LogP contribution in [0.2, 0.25) is 0 Å². The molecule has 19 heavy (non-hydrogen) atoms. The predicted molar refractivity (Wildman–Crippen MR) is 77.0 cm³/mol. The van der Waals surface area contributed by atoms with Gasteiger partial charge in [-0.1, -0.05) is 60.7 Å². The molecular weight excluding hydrogens is 233 g/mol. The van der Waals surface area contributed by atoms with Gasteiger partial charge in [-0.15, -0.1) is 0 Å². The third-order valence-electron chi connectivity index (χ3n) is 4.46. The Kier molecular flexibility index (Phi) is 2.50. The summed E-state index contributed by atoms with van der Waals surface area (Å²) in [7, 11) is 0.744. The molecule has 2 aliphatic rings. The van der Waals surface area contributed by atoms with E-state index in [1.54, 1.807) is 0 Å². The van der Waals surface area contributed by atoms with Gasteiger partial charge in [0.15, 0.2) is 0 Å². The fraction of sp³-hybridized carbons (Fsp3) is 0.250. The van der Waals surface area contributed by atoms with Gasteiger partial charge in [0.2, 0.25) is 0 Å². The number of hydrogen-bond acceptors (Lipinski definition) is 2. The highest BCUT2D eigenvalue weighted by Gasteiger charge is 2.54. The average molecular weight is 249 g/mol. The second kappa shape index (κ2) is 4.22. The van der Waals surface area contributed by atoms with Gasteiger partial charge < -0.3 is 9.47 Å². The van der Waals surface area contributed by atoms with Crippen molar-refractivity contribution in [1.82, 2.24) is 4.81 Å². The Bertz CT molecular complexity index is 532. The van der Waals surface area contributed by atoms with Crippen molar-refractivity contribution >= 4 is 7.62 Å². The minimum absolute atomic E-state index is 0.277. The number of hydrogen-bond donors (Lipinski definition) is 0. The highest BCUT2D eigenvalue weighted by molar-refractivity contribution is 6.25. The fourth-order valence-corrected chi connectivity index (χ4v) is 3.43. The number of rotatable bonds is 2. The van der Waals surface area contributed by atoms with Gasteiger partial charge in [-0.2, -0.15) is 0 Å². The summed E-state index contributed by atoms with van der Waals surface area (Å²) in [6, 6.07) is 21.8. The van der Waals surface area contributed by atoms with Crippen molar-refractivity contribution in [3.05, 3.63) is 71.8 Å². The summed E-state index contributed by atoms with van der Waals surface area (Å²) in [6.07, 6.45) is 1.21. The summed E-state index contributed by atoms with van der Waals surface area (Å²) in [5.41, 5.74) is 2.27. The number of fused-ring (bicyclic) bond motifs is 1. The Morgan fingerprint density at radius 3 is 1.95 bits per heavy atom. The summed E-state index contributed by atoms with van der Waals surface area (Å²) in [5.74, 6) is 0. The molecule has 94 valence electrons. The Hall–Kier alpha value is -1.58. The van der Waals surface area contributed by atoms with Gasteiger partial charge >= 0.3 is 7.62 Å². The lowest BCUT2D eigenvalue weighted by atomic mass is 9.76. The van der Waals surface area contributed by atoms with Crippen LogP contribution in [0.4, 0.5) is 0 Å². The molecule has 3 heteroatoms. The Morgan fingerprint density at radius 2 is 1.53 bits per heavy atom. The molecule has 0 aromatic heterocycles. The third kappa shape index (κ3) is 1.52. The maximum absolute atomic E-state index is 6.33. The van der Waals surface area contributed by atoms with Gasteiger partial charge in [0.25, 0.3) is 0 Å². The van der Waals surface area contributed by atoms with Crippen LogP contribution in [0.3, 0.4) is 0 Å².